The van der Waals surface area contributed by atoms with E-state index in [4.69, 9.17) is 9.47 Å². The molecule has 1 fully saturated rings. The minimum absolute atomic E-state index is 0.0771. The van der Waals surface area contributed by atoms with E-state index in [1.54, 1.807) is 17.8 Å². The molecule has 3 heterocycles. The van der Waals surface area contributed by atoms with Crippen LogP contribution in [0.1, 0.15) is 31.4 Å². The number of nitrogens with zero attached hydrogens (tertiary/aromatic N) is 4. The third-order valence-corrected chi connectivity index (χ3v) is 6.24. The van der Waals surface area contributed by atoms with Gasteiger partial charge < -0.3 is 9.47 Å². The Bertz CT molecular complexity index is 1330. The number of ether oxygens (including phenoxy) is 2. The molecule has 1 saturated heterocycles. The van der Waals surface area contributed by atoms with Gasteiger partial charge in [-0.15, -0.1) is 0 Å². The number of fused-ring (bicyclic) bond motifs is 1. The minimum atomic E-state index is -1.42. The van der Waals surface area contributed by atoms with Gasteiger partial charge in [0.05, 0.1) is 29.7 Å². The Balaban J connectivity index is 1.52. The van der Waals surface area contributed by atoms with Crippen LogP contribution in [0.15, 0.2) is 59.7 Å². The van der Waals surface area contributed by atoms with Crippen molar-refractivity contribution in [1.29, 1.82) is 0 Å². The molecule has 1 aliphatic rings. The molecule has 0 bridgehead atoms. The number of aromatic nitrogens is 4. The zero-order chi connectivity index (χ0) is 22.9. The van der Waals surface area contributed by atoms with Crippen molar-refractivity contribution in [3.05, 3.63) is 70.8 Å². The lowest BCUT2D eigenvalue weighted by Gasteiger charge is -2.22. The predicted octanol–water partition coefficient (Wildman–Crippen LogP) is 4.30. The first-order valence-corrected chi connectivity index (χ1v) is 11.2. The van der Waals surface area contributed by atoms with Crippen LogP contribution in [0.5, 0.6) is 5.75 Å². The second-order valence-corrected chi connectivity index (χ2v) is 8.44. The second kappa shape index (κ2) is 8.86. The van der Waals surface area contributed by atoms with Crippen LogP contribution < -0.4 is 10.3 Å². The van der Waals surface area contributed by atoms with Crippen LogP contribution in [0, 0.1) is 0 Å². The van der Waals surface area contributed by atoms with Crippen LogP contribution in [0.3, 0.4) is 0 Å². The van der Waals surface area contributed by atoms with Crippen molar-refractivity contribution in [2.75, 3.05) is 13.2 Å². The van der Waals surface area contributed by atoms with E-state index in [0.717, 1.165) is 48.3 Å². The van der Waals surface area contributed by atoms with Crippen molar-refractivity contribution >= 4 is 10.9 Å². The Hall–Kier alpha value is -3.39. The normalized spacial score (nSPS) is 15.7. The van der Waals surface area contributed by atoms with E-state index in [9.17, 15) is 9.18 Å². The first-order valence-electron chi connectivity index (χ1n) is 11.2. The lowest BCUT2D eigenvalue weighted by Crippen LogP contribution is -2.20. The highest BCUT2D eigenvalue weighted by Gasteiger charge is 2.18. The molecular weight excluding hydrogens is 423 g/mol. The SMILES string of the molecule is CC(F)Oc1ccccc1Cn1c2cc(-c3cnn(C4CCOCC4)c3)ccc2c(=O)n1C. The fraction of sp³-hybridized carbons (Fsp3) is 0.360. The fourth-order valence-electron chi connectivity index (χ4n) is 4.46. The van der Waals surface area contributed by atoms with Gasteiger partial charge in [-0.2, -0.15) is 5.10 Å². The summed E-state index contributed by atoms with van der Waals surface area (Å²) in [7, 11) is 1.74. The van der Waals surface area contributed by atoms with Crippen molar-refractivity contribution in [3.8, 4) is 16.9 Å². The van der Waals surface area contributed by atoms with Crippen molar-refractivity contribution in [2.45, 2.75) is 38.7 Å². The molecule has 1 atom stereocenters. The van der Waals surface area contributed by atoms with Gasteiger partial charge in [0.1, 0.15) is 5.75 Å². The number of halogens is 1. The largest absolute Gasteiger partial charge is 0.460 e. The summed E-state index contributed by atoms with van der Waals surface area (Å²) in [4.78, 5) is 12.9. The summed E-state index contributed by atoms with van der Waals surface area (Å²) in [6.07, 6.45) is 4.42. The molecule has 2 aromatic heterocycles. The molecule has 2 aromatic carbocycles. The van der Waals surface area contributed by atoms with Gasteiger partial charge in [0.15, 0.2) is 0 Å². The van der Waals surface area contributed by atoms with E-state index in [1.807, 2.05) is 52.0 Å². The maximum Gasteiger partial charge on any atom is 0.274 e. The summed E-state index contributed by atoms with van der Waals surface area (Å²) in [6.45, 7) is 3.25. The van der Waals surface area contributed by atoms with E-state index < -0.39 is 6.36 Å². The summed E-state index contributed by atoms with van der Waals surface area (Å²) in [5.41, 5.74) is 3.52. The molecule has 0 radical (unpaired) electrons. The van der Waals surface area contributed by atoms with Gasteiger partial charge in [0.25, 0.3) is 5.56 Å². The Morgan fingerprint density at radius 2 is 1.97 bits per heavy atom. The third-order valence-electron chi connectivity index (χ3n) is 6.24. The van der Waals surface area contributed by atoms with Crippen LogP contribution in [-0.2, 0) is 18.3 Å². The summed E-state index contributed by atoms with van der Waals surface area (Å²) in [5.74, 6) is 0.468. The van der Waals surface area contributed by atoms with E-state index in [2.05, 4.69) is 11.3 Å². The van der Waals surface area contributed by atoms with Gasteiger partial charge in [-0.1, -0.05) is 24.3 Å². The highest BCUT2D eigenvalue weighted by Crippen LogP contribution is 2.28. The van der Waals surface area contributed by atoms with Gasteiger partial charge in [0.2, 0.25) is 6.36 Å². The van der Waals surface area contributed by atoms with Crippen LogP contribution in [0.2, 0.25) is 0 Å². The van der Waals surface area contributed by atoms with Gasteiger partial charge in [-0.25, -0.2) is 4.39 Å². The zero-order valence-electron chi connectivity index (χ0n) is 18.8. The molecule has 1 unspecified atom stereocenters. The van der Waals surface area contributed by atoms with Gasteiger partial charge in [0, 0.05) is 44.5 Å². The van der Waals surface area contributed by atoms with Crippen LogP contribution in [0.4, 0.5) is 4.39 Å². The number of benzene rings is 2. The maximum atomic E-state index is 13.5. The quantitative estimate of drug-likeness (QED) is 0.440. The summed E-state index contributed by atoms with van der Waals surface area (Å²) in [6, 6.07) is 13.5. The Morgan fingerprint density at radius 3 is 2.76 bits per heavy atom. The van der Waals surface area contributed by atoms with E-state index >= 15 is 0 Å². The monoisotopic (exact) mass is 450 g/mol. The average molecular weight is 451 g/mol. The van der Waals surface area contributed by atoms with E-state index in [0.29, 0.717) is 23.7 Å². The van der Waals surface area contributed by atoms with E-state index in [-0.39, 0.29) is 5.56 Å². The maximum absolute atomic E-state index is 13.5. The highest BCUT2D eigenvalue weighted by atomic mass is 19.1. The van der Waals surface area contributed by atoms with Crippen molar-refractivity contribution in [3.63, 3.8) is 0 Å². The fourth-order valence-corrected chi connectivity index (χ4v) is 4.46. The molecule has 172 valence electrons. The molecular formula is C25H27FN4O3. The zero-order valence-corrected chi connectivity index (χ0v) is 18.8. The number of hydrogen-bond donors (Lipinski definition) is 0. The summed E-state index contributed by atoms with van der Waals surface area (Å²) in [5, 5.41) is 5.22. The molecule has 33 heavy (non-hydrogen) atoms. The molecule has 0 spiro atoms. The summed E-state index contributed by atoms with van der Waals surface area (Å²) >= 11 is 0. The number of para-hydroxylation sites is 1. The summed E-state index contributed by atoms with van der Waals surface area (Å²) < 4.78 is 29.8. The Morgan fingerprint density at radius 1 is 1.18 bits per heavy atom. The Labute approximate surface area is 190 Å². The van der Waals surface area contributed by atoms with Crippen LogP contribution in [-0.4, -0.2) is 38.7 Å². The number of rotatable bonds is 6. The third kappa shape index (κ3) is 4.18. The molecule has 7 nitrogen and oxygen atoms in total. The van der Waals surface area contributed by atoms with Crippen LogP contribution >= 0.6 is 0 Å². The second-order valence-electron chi connectivity index (χ2n) is 8.44. The van der Waals surface area contributed by atoms with Gasteiger partial charge in [-0.05, 0) is 36.6 Å². The molecule has 0 N–H and O–H groups in total. The molecule has 8 heteroatoms. The first-order chi connectivity index (χ1) is 16.0. The van der Waals surface area contributed by atoms with Crippen molar-refractivity contribution in [1.82, 2.24) is 19.1 Å². The first kappa shape index (κ1) is 21.5. The molecule has 0 aliphatic carbocycles. The molecule has 0 amide bonds. The average Bonchev–Trinajstić information content (AvgIpc) is 3.40. The lowest BCUT2D eigenvalue weighted by atomic mass is 10.1. The Kier molecular flexibility index (Phi) is 5.76. The smallest absolute Gasteiger partial charge is 0.274 e. The molecule has 0 saturated carbocycles. The van der Waals surface area contributed by atoms with Crippen LogP contribution in [0.25, 0.3) is 22.0 Å². The van der Waals surface area contributed by atoms with Crippen molar-refractivity contribution < 1.29 is 13.9 Å². The standard InChI is InChI=1S/C25H27FN4O3/c1-17(26)33-24-6-4-3-5-19(24)16-30-23-13-18(7-8-22(23)25(31)28(30)2)20-14-27-29(15-20)21-9-11-32-12-10-21/h3-8,13-15,17,21H,9-12,16H2,1-2H3. The highest BCUT2D eigenvalue weighted by molar-refractivity contribution is 5.84. The van der Waals surface area contributed by atoms with E-state index in [1.165, 1.54) is 6.92 Å². The predicted molar refractivity (Wildman–Crippen MR) is 124 cm³/mol. The molecule has 5 rings (SSSR count). The van der Waals surface area contributed by atoms with Crippen molar-refractivity contribution in [2.24, 2.45) is 7.05 Å². The van der Waals surface area contributed by atoms with Gasteiger partial charge in [-0.3, -0.25) is 18.8 Å². The number of alkyl halides is 1. The minimum Gasteiger partial charge on any atom is -0.460 e. The molecule has 4 aromatic rings. The lowest BCUT2D eigenvalue weighted by molar-refractivity contribution is 0.0662. The number of hydrogen-bond acceptors (Lipinski definition) is 4. The topological polar surface area (TPSA) is 63.2 Å². The molecule has 1 aliphatic heterocycles. The van der Waals surface area contributed by atoms with Gasteiger partial charge >= 0.3 is 0 Å².